The van der Waals surface area contributed by atoms with Crippen molar-refractivity contribution in [3.8, 4) is 0 Å². The van der Waals surface area contributed by atoms with Crippen molar-refractivity contribution in [2.75, 3.05) is 5.32 Å². The average molecular weight is 417 g/mol. The summed E-state index contributed by atoms with van der Waals surface area (Å²) in [5, 5.41) is 6.56. The number of halogens is 2. The van der Waals surface area contributed by atoms with Crippen molar-refractivity contribution in [2.24, 2.45) is 5.92 Å². The van der Waals surface area contributed by atoms with Gasteiger partial charge in [-0.2, -0.15) is 0 Å². The molecule has 1 fully saturated rings. The van der Waals surface area contributed by atoms with E-state index in [1.54, 1.807) is 24.3 Å². The van der Waals surface area contributed by atoms with Gasteiger partial charge in [-0.15, -0.1) is 0 Å². The molecule has 0 aromatic heterocycles. The predicted octanol–water partition coefficient (Wildman–Crippen LogP) is 5.50. The van der Waals surface area contributed by atoms with Gasteiger partial charge in [0.25, 0.3) is 5.91 Å². The molecule has 154 valence electrons. The zero-order valence-corrected chi connectivity index (χ0v) is 17.5. The minimum Gasteiger partial charge on any atom is -0.347 e. The van der Waals surface area contributed by atoms with Gasteiger partial charge in [0.1, 0.15) is 5.82 Å². The number of benzene rings is 2. The minimum absolute atomic E-state index is 0.109. The molecule has 4 nitrogen and oxygen atoms in total. The molecule has 1 aliphatic rings. The summed E-state index contributed by atoms with van der Waals surface area (Å²) in [7, 11) is 0. The number of aryl methyl sites for hydroxylation is 1. The molecular formula is C23H26ClFN2O2. The highest BCUT2D eigenvalue weighted by molar-refractivity contribution is 6.31. The van der Waals surface area contributed by atoms with Gasteiger partial charge in [0.15, 0.2) is 0 Å². The monoisotopic (exact) mass is 416 g/mol. The van der Waals surface area contributed by atoms with Crippen molar-refractivity contribution in [1.82, 2.24) is 5.32 Å². The molecular weight excluding hydrogens is 391 g/mol. The molecule has 2 amide bonds. The summed E-state index contributed by atoms with van der Waals surface area (Å²) in [6.07, 6.45) is 4.26. The Balaban J connectivity index is 1.55. The molecule has 1 saturated carbocycles. The topological polar surface area (TPSA) is 58.2 Å². The summed E-state index contributed by atoms with van der Waals surface area (Å²) in [6.45, 7) is 3.77. The van der Waals surface area contributed by atoms with Crippen molar-refractivity contribution in [1.29, 1.82) is 0 Å². The van der Waals surface area contributed by atoms with Crippen LogP contribution < -0.4 is 10.6 Å². The van der Waals surface area contributed by atoms with Gasteiger partial charge >= 0.3 is 0 Å². The summed E-state index contributed by atoms with van der Waals surface area (Å²) in [5.41, 5.74) is 1.79. The second-order valence-electron chi connectivity index (χ2n) is 7.99. The molecule has 0 radical (unpaired) electrons. The minimum atomic E-state index is -0.339. The van der Waals surface area contributed by atoms with E-state index in [0.717, 1.165) is 31.2 Å². The number of carbonyl (C=O) groups is 2. The van der Waals surface area contributed by atoms with Crippen LogP contribution in [0.1, 0.15) is 54.9 Å². The quantitative estimate of drug-likeness (QED) is 0.626. The summed E-state index contributed by atoms with van der Waals surface area (Å²) >= 11 is 6.14. The number of rotatable bonds is 7. The van der Waals surface area contributed by atoms with Crippen LogP contribution in [0.5, 0.6) is 0 Å². The van der Waals surface area contributed by atoms with Crippen LogP contribution in [0.25, 0.3) is 0 Å². The van der Waals surface area contributed by atoms with Crippen LogP contribution in [0.4, 0.5) is 10.1 Å². The van der Waals surface area contributed by atoms with Gasteiger partial charge in [-0.3, -0.25) is 9.59 Å². The summed E-state index contributed by atoms with van der Waals surface area (Å²) in [4.78, 5) is 25.1. The first-order valence-electron chi connectivity index (χ1n) is 9.93. The molecule has 0 aliphatic heterocycles. The van der Waals surface area contributed by atoms with Gasteiger partial charge in [0, 0.05) is 27.7 Å². The Morgan fingerprint density at radius 1 is 1.17 bits per heavy atom. The van der Waals surface area contributed by atoms with Crippen LogP contribution in [0.15, 0.2) is 42.5 Å². The number of nitrogens with one attached hydrogen (secondary N) is 2. The lowest BCUT2D eigenvalue weighted by molar-refractivity contribution is -0.119. The highest BCUT2D eigenvalue weighted by Crippen LogP contribution is 2.37. The normalized spacial score (nSPS) is 15.9. The first-order valence-corrected chi connectivity index (χ1v) is 10.3. The van der Waals surface area contributed by atoms with Gasteiger partial charge < -0.3 is 10.6 Å². The van der Waals surface area contributed by atoms with Crippen LogP contribution in [-0.4, -0.2) is 17.4 Å². The summed E-state index contributed by atoms with van der Waals surface area (Å²) in [6, 6.07) is 11.0. The fraction of sp³-hybridized carbons (Fsp3) is 0.391. The number of hydrogen-bond donors (Lipinski definition) is 2. The van der Waals surface area contributed by atoms with Crippen molar-refractivity contribution >= 4 is 29.1 Å². The molecule has 1 atom stereocenters. The van der Waals surface area contributed by atoms with E-state index in [-0.39, 0.29) is 29.1 Å². The summed E-state index contributed by atoms with van der Waals surface area (Å²) < 4.78 is 13.0. The van der Waals surface area contributed by atoms with E-state index in [0.29, 0.717) is 22.7 Å². The van der Waals surface area contributed by atoms with Crippen molar-refractivity contribution in [3.63, 3.8) is 0 Å². The maximum Gasteiger partial charge on any atom is 0.251 e. The van der Waals surface area contributed by atoms with Crippen LogP contribution in [0.2, 0.25) is 5.02 Å². The lowest BCUT2D eigenvalue weighted by Crippen LogP contribution is -2.53. The standard InChI is InChI=1S/C23H26ClFN2O2/c1-15-4-5-17(14-20(15)24)22(29)27-23(11-3-12-23)13-10-16(2)21(28)26-19-8-6-18(25)7-9-19/h4-9,14,16H,3,10-13H2,1-2H3,(H,26,28)(H,27,29)/t16-/m1/s1. The highest BCUT2D eigenvalue weighted by Gasteiger charge is 2.38. The second-order valence-corrected chi connectivity index (χ2v) is 8.40. The lowest BCUT2D eigenvalue weighted by atomic mass is 9.72. The van der Waals surface area contributed by atoms with E-state index in [4.69, 9.17) is 11.6 Å². The molecule has 0 heterocycles. The third-order valence-corrected chi connectivity index (χ3v) is 6.15. The predicted molar refractivity (Wildman–Crippen MR) is 114 cm³/mol. The Bertz CT molecular complexity index is 894. The van der Waals surface area contributed by atoms with E-state index in [1.165, 1.54) is 12.1 Å². The molecule has 2 N–H and O–H groups in total. The van der Waals surface area contributed by atoms with E-state index in [1.807, 2.05) is 19.9 Å². The number of carbonyl (C=O) groups excluding carboxylic acids is 2. The number of hydrogen-bond acceptors (Lipinski definition) is 2. The van der Waals surface area contributed by atoms with Crippen LogP contribution in [0, 0.1) is 18.7 Å². The molecule has 3 rings (SSSR count). The molecule has 29 heavy (non-hydrogen) atoms. The fourth-order valence-corrected chi connectivity index (χ4v) is 3.69. The van der Waals surface area contributed by atoms with Crippen molar-refractivity contribution in [2.45, 2.75) is 51.5 Å². The van der Waals surface area contributed by atoms with Crippen LogP contribution in [-0.2, 0) is 4.79 Å². The van der Waals surface area contributed by atoms with Crippen LogP contribution >= 0.6 is 11.6 Å². The van der Waals surface area contributed by atoms with E-state index in [2.05, 4.69) is 10.6 Å². The molecule has 0 saturated heterocycles. The van der Waals surface area contributed by atoms with Gasteiger partial charge in [0.05, 0.1) is 0 Å². The summed E-state index contributed by atoms with van der Waals surface area (Å²) in [5.74, 6) is -0.797. The zero-order valence-electron chi connectivity index (χ0n) is 16.7. The molecule has 2 aromatic rings. The largest absolute Gasteiger partial charge is 0.347 e. The Morgan fingerprint density at radius 2 is 1.86 bits per heavy atom. The van der Waals surface area contributed by atoms with Crippen molar-refractivity contribution < 1.29 is 14.0 Å². The Labute approximate surface area is 175 Å². The third-order valence-electron chi connectivity index (χ3n) is 5.74. The lowest BCUT2D eigenvalue weighted by Gasteiger charge is -2.43. The first kappa shape index (κ1) is 21.3. The van der Waals surface area contributed by atoms with Crippen molar-refractivity contribution in [3.05, 3.63) is 64.4 Å². The van der Waals surface area contributed by atoms with Gasteiger partial charge in [-0.05, 0) is 81.0 Å². The molecule has 6 heteroatoms. The molecule has 2 aromatic carbocycles. The maximum absolute atomic E-state index is 13.0. The maximum atomic E-state index is 13.0. The van der Waals surface area contributed by atoms with E-state index in [9.17, 15) is 14.0 Å². The van der Waals surface area contributed by atoms with Gasteiger partial charge in [-0.25, -0.2) is 4.39 Å². The zero-order chi connectivity index (χ0) is 21.0. The highest BCUT2D eigenvalue weighted by atomic mass is 35.5. The number of amides is 2. The Kier molecular flexibility index (Phi) is 6.58. The van der Waals surface area contributed by atoms with Gasteiger partial charge in [0.2, 0.25) is 5.91 Å². The number of anilines is 1. The van der Waals surface area contributed by atoms with E-state index < -0.39 is 0 Å². The smallest absolute Gasteiger partial charge is 0.251 e. The third kappa shape index (κ3) is 5.36. The Morgan fingerprint density at radius 3 is 2.45 bits per heavy atom. The molecule has 0 spiro atoms. The molecule has 0 bridgehead atoms. The Hall–Kier alpha value is -2.40. The average Bonchev–Trinajstić information content (AvgIpc) is 2.67. The van der Waals surface area contributed by atoms with Gasteiger partial charge in [-0.1, -0.05) is 24.6 Å². The SMILES string of the molecule is Cc1ccc(C(=O)NC2(CC[C@@H](C)C(=O)Nc3ccc(F)cc3)CCC2)cc1Cl. The molecule has 1 aliphatic carbocycles. The molecule has 0 unspecified atom stereocenters. The fourth-order valence-electron chi connectivity index (χ4n) is 3.51. The van der Waals surface area contributed by atoms with Crippen LogP contribution in [0.3, 0.4) is 0 Å². The van der Waals surface area contributed by atoms with E-state index >= 15 is 0 Å². The first-order chi connectivity index (χ1) is 13.8. The second kappa shape index (κ2) is 8.95.